The molecule has 2 aliphatic rings. The average molecular weight is 227 g/mol. The van der Waals surface area contributed by atoms with Crippen LogP contribution in [0.15, 0.2) is 0 Å². The Morgan fingerprint density at radius 3 is 2.12 bits per heavy atom. The zero-order chi connectivity index (χ0) is 11.8. The maximum absolute atomic E-state index is 11.4. The second-order valence-corrected chi connectivity index (χ2v) is 5.00. The summed E-state index contributed by atoms with van der Waals surface area (Å²) >= 11 is 0. The number of hydrogen-bond acceptors (Lipinski definition) is 2. The summed E-state index contributed by atoms with van der Waals surface area (Å²) in [5.74, 6) is -0.183. The van der Waals surface area contributed by atoms with Gasteiger partial charge in [0.25, 0.3) is 0 Å². The van der Waals surface area contributed by atoms with Crippen LogP contribution in [0.5, 0.6) is 0 Å². The molecule has 5 heteroatoms. The zero-order valence-electron chi connectivity index (χ0n) is 9.19. The van der Waals surface area contributed by atoms with Crippen molar-refractivity contribution in [3.8, 4) is 0 Å². The molecule has 1 saturated carbocycles. The molecule has 1 aliphatic carbocycles. The fourth-order valence-corrected chi connectivity index (χ4v) is 2.51. The molecule has 0 spiro atoms. The molecule has 1 heterocycles. The number of likely N-dealkylation sites (tertiary alicyclic amines) is 1. The van der Waals surface area contributed by atoms with Crippen LogP contribution in [-0.2, 0) is 4.79 Å². The van der Waals surface area contributed by atoms with Crippen molar-refractivity contribution < 1.29 is 19.8 Å². The maximum atomic E-state index is 11.4. The number of aliphatic carboxylic acids is 1. The van der Waals surface area contributed by atoms with Crippen molar-refractivity contribution in [2.24, 2.45) is 11.3 Å². The van der Waals surface area contributed by atoms with Gasteiger partial charge in [-0.2, -0.15) is 0 Å². The van der Waals surface area contributed by atoms with E-state index in [0.29, 0.717) is 31.8 Å². The monoisotopic (exact) mass is 227 g/mol. The minimum absolute atomic E-state index is 0.356. The van der Waals surface area contributed by atoms with E-state index in [9.17, 15) is 14.7 Å². The van der Waals surface area contributed by atoms with Gasteiger partial charge in [-0.05, 0) is 25.2 Å². The molecule has 16 heavy (non-hydrogen) atoms. The molecular formula is C11H17NO4. The van der Waals surface area contributed by atoms with Crippen molar-refractivity contribution >= 4 is 12.1 Å². The second-order valence-electron chi connectivity index (χ2n) is 5.00. The van der Waals surface area contributed by atoms with Crippen molar-refractivity contribution in [3.63, 3.8) is 0 Å². The van der Waals surface area contributed by atoms with Crippen LogP contribution in [0.1, 0.15) is 32.1 Å². The van der Waals surface area contributed by atoms with Gasteiger partial charge >= 0.3 is 12.1 Å². The van der Waals surface area contributed by atoms with Crippen molar-refractivity contribution in [2.45, 2.75) is 32.1 Å². The lowest BCUT2D eigenvalue weighted by molar-refractivity contribution is -0.152. The van der Waals surface area contributed by atoms with E-state index >= 15 is 0 Å². The quantitative estimate of drug-likeness (QED) is 0.768. The predicted octanol–water partition coefficient (Wildman–Crippen LogP) is 1.63. The van der Waals surface area contributed by atoms with Gasteiger partial charge in [-0.25, -0.2) is 4.79 Å². The first kappa shape index (κ1) is 11.2. The Labute approximate surface area is 94.0 Å². The van der Waals surface area contributed by atoms with Crippen LogP contribution in [0.3, 0.4) is 0 Å². The number of rotatable bonds is 3. The Morgan fingerprint density at radius 1 is 1.19 bits per heavy atom. The Kier molecular flexibility index (Phi) is 2.78. The molecule has 2 N–H and O–H groups in total. The average Bonchev–Trinajstić information content (AvgIpc) is 3.02. The summed E-state index contributed by atoms with van der Waals surface area (Å²) in [7, 11) is 0. The fraction of sp³-hybridized carbons (Fsp3) is 0.818. The highest BCUT2D eigenvalue weighted by Gasteiger charge is 2.45. The molecule has 2 fully saturated rings. The molecule has 1 saturated heterocycles. The first-order valence-electron chi connectivity index (χ1n) is 5.75. The lowest BCUT2D eigenvalue weighted by atomic mass is 9.74. The Hall–Kier alpha value is -1.26. The van der Waals surface area contributed by atoms with Crippen LogP contribution in [0.4, 0.5) is 4.79 Å². The van der Waals surface area contributed by atoms with Crippen molar-refractivity contribution in [3.05, 3.63) is 0 Å². The van der Waals surface area contributed by atoms with Crippen molar-refractivity contribution in [1.82, 2.24) is 4.90 Å². The smallest absolute Gasteiger partial charge is 0.407 e. The first-order valence-corrected chi connectivity index (χ1v) is 5.75. The normalized spacial score (nSPS) is 24.1. The Bertz CT molecular complexity index is 303. The lowest BCUT2D eigenvalue weighted by Gasteiger charge is -2.37. The molecule has 0 atom stereocenters. The van der Waals surface area contributed by atoms with Gasteiger partial charge in [0.05, 0.1) is 5.41 Å². The van der Waals surface area contributed by atoms with Crippen LogP contribution in [0.25, 0.3) is 0 Å². The van der Waals surface area contributed by atoms with Gasteiger partial charge in [0.2, 0.25) is 0 Å². The Balaban J connectivity index is 2.00. The predicted molar refractivity (Wildman–Crippen MR) is 56.2 cm³/mol. The number of carboxylic acids is 1. The molecule has 0 unspecified atom stereocenters. The molecule has 90 valence electrons. The highest BCUT2D eigenvalue weighted by atomic mass is 16.4. The summed E-state index contributed by atoms with van der Waals surface area (Å²) in [6.45, 7) is 0.711. The third-order valence-electron chi connectivity index (χ3n) is 3.82. The van der Waals surface area contributed by atoms with Crippen LogP contribution in [-0.4, -0.2) is 40.3 Å². The van der Waals surface area contributed by atoms with Crippen molar-refractivity contribution in [2.75, 3.05) is 13.1 Å². The fourth-order valence-electron chi connectivity index (χ4n) is 2.51. The van der Waals surface area contributed by atoms with Crippen LogP contribution >= 0.6 is 0 Å². The largest absolute Gasteiger partial charge is 0.481 e. The Morgan fingerprint density at radius 2 is 1.75 bits per heavy atom. The van der Waals surface area contributed by atoms with E-state index in [2.05, 4.69) is 0 Å². The minimum atomic E-state index is -0.939. The number of piperidine rings is 1. The van der Waals surface area contributed by atoms with E-state index in [0.717, 1.165) is 19.3 Å². The van der Waals surface area contributed by atoms with Gasteiger partial charge in [-0.3, -0.25) is 4.79 Å². The maximum Gasteiger partial charge on any atom is 0.407 e. The number of carboxylic acid groups (broad SMARTS) is 2. The molecule has 0 radical (unpaired) electrons. The molecule has 0 aromatic heterocycles. The van der Waals surface area contributed by atoms with Gasteiger partial charge in [0, 0.05) is 13.1 Å². The molecule has 2 rings (SSSR count). The topological polar surface area (TPSA) is 77.8 Å². The molecule has 0 aromatic carbocycles. The summed E-state index contributed by atoms with van der Waals surface area (Å²) in [5.41, 5.74) is -0.660. The molecule has 1 aliphatic heterocycles. The van der Waals surface area contributed by atoms with Crippen LogP contribution in [0.2, 0.25) is 0 Å². The third-order valence-corrected chi connectivity index (χ3v) is 3.82. The summed E-state index contributed by atoms with van der Waals surface area (Å²) in [5, 5.41) is 18.1. The summed E-state index contributed by atoms with van der Waals surface area (Å²) in [6.07, 6.45) is 2.99. The molecular weight excluding hydrogens is 210 g/mol. The van der Waals surface area contributed by atoms with E-state index in [4.69, 9.17) is 5.11 Å². The molecule has 1 amide bonds. The van der Waals surface area contributed by atoms with E-state index in [1.807, 2.05) is 0 Å². The number of carbonyl (C=O) groups is 2. The van der Waals surface area contributed by atoms with E-state index < -0.39 is 17.5 Å². The standard InChI is InChI=1S/C11H17NO4/c13-9(14)11(7-8-1-2-8)3-5-12(6-4-11)10(15)16/h8H,1-7H2,(H,13,14)(H,15,16). The summed E-state index contributed by atoms with van der Waals surface area (Å²) in [6, 6.07) is 0. The van der Waals surface area contributed by atoms with E-state index in [1.54, 1.807) is 0 Å². The van der Waals surface area contributed by atoms with E-state index in [1.165, 1.54) is 4.90 Å². The summed E-state index contributed by atoms with van der Waals surface area (Å²) < 4.78 is 0. The number of hydrogen-bond donors (Lipinski definition) is 2. The SMILES string of the molecule is O=C(O)N1CCC(CC2CC2)(C(=O)O)CC1. The van der Waals surface area contributed by atoms with Gasteiger partial charge in [0.15, 0.2) is 0 Å². The number of nitrogens with zero attached hydrogens (tertiary/aromatic N) is 1. The van der Waals surface area contributed by atoms with Gasteiger partial charge in [-0.15, -0.1) is 0 Å². The molecule has 5 nitrogen and oxygen atoms in total. The first-order chi connectivity index (χ1) is 7.53. The third kappa shape index (κ3) is 2.13. The van der Waals surface area contributed by atoms with Gasteiger partial charge in [-0.1, -0.05) is 12.8 Å². The highest BCUT2D eigenvalue weighted by Crippen LogP contribution is 2.45. The van der Waals surface area contributed by atoms with Crippen LogP contribution in [0, 0.1) is 11.3 Å². The van der Waals surface area contributed by atoms with E-state index in [-0.39, 0.29) is 0 Å². The zero-order valence-corrected chi connectivity index (χ0v) is 9.19. The van der Waals surface area contributed by atoms with Gasteiger partial charge < -0.3 is 15.1 Å². The van der Waals surface area contributed by atoms with Crippen molar-refractivity contribution in [1.29, 1.82) is 0 Å². The summed E-state index contributed by atoms with van der Waals surface area (Å²) in [4.78, 5) is 23.4. The van der Waals surface area contributed by atoms with Crippen LogP contribution < -0.4 is 0 Å². The van der Waals surface area contributed by atoms with Gasteiger partial charge in [0.1, 0.15) is 0 Å². The number of amides is 1. The molecule has 0 aromatic rings. The minimum Gasteiger partial charge on any atom is -0.481 e. The highest BCUT2D eigenvalue weighted by molar-refractivity contribution is 5.75. The lowest BCUT2D eigenvalue weighted by Crippen LogP contribution is -2.46. The molecule has 0 bridgehead atoms. The second kappa shape index (κ2) is 3.96.